The number of hydrogen-bond donors (Lipinski definition) is 7. The van der Waals surface area contributed by atoms with Gasteiger partial charge in [0.25, 0.3) is 0 Å². The van der Waals surface area contributed by atoms with Crippen LogP contribution < -0.4 is 27.4 Å². The van der Waals surface area contributed by atoms with Crippen molar-refractivity contribution in [3.05, 3.63) is 35.9 Å². The SMILES string of the molecule is CCC(C)C(NC(=O)C(N)Cc1ccccc1)C(=O)NC(CO)C(=O)NC(CCCCN)C(=O)O. The molecule has 3 amide bonds. The average Bonchev–Trinajstić information content (AvgIpc) is 2.84. The molecule has 9 N–H and O–H groups in total. The van der Waals surface area contributed by atoms with Gasteiger partial charge in [-0.2, -0.15) is 0 Å². The van der Waals surface area contributed by atoms with E-state index in [1.54, 1.807) is 6.92 Å². The van der Waals surface area contributed by atoms with Gasteiger partial charge < -0.3 is 37.6 Å². The molecule has 1 rings (SSSR count). The number of benzene rings is 1. The van der Waals surface area contributed by atoms with Crippen LogP contribution in [0.1, 0.15) is 45.1 Å². The topological polar surface area (TPSA) is 197 Å². The second kappa shape index (κ2) is 15.8. The summed E-state index contributed by atoms with van der Waals surface area (Å²) in [6.07, 6.45) is 2.08. The Bertz CT molecular complexity index is 822. The van der Waals surface area contributed by atoms with Crippen molar-refractivity contribution >= 4 is 23.7 Å². The van der Waals surface area contributed by atoms with E-state index in [1.807, 2.05) is 37.3 Å². The molecule has 5 atom stereocenters. The summed E-state index contributed by atoms with van der Waals surface area (Å²) in [6.45, 7) is 3.25. The summed E-state index contributed by atoms with van der Waals surface area (Å²) in [4.78, 5) is 49.7. The largest absolute Gasteiger partial charge is 0.480 e. The molecule has 196 valence electrons. The van der Waals surface area contributed by atoms with Crippen molar-refractivity contribution in [2.24, 2.45) is 17.4 Å². The highest BCUT2D eigenvalue weighted by Gasteiger charge is 2.32. The van der Waals surface area contributed by atoms with Gasteiger partial charge in [0.05, 0.1) is 12.6 Å². The first-order valence-corrected chi connectivity index (χ1v) is 11.9. The summed E-state index contributed by atoms with van der Waals surface area (Å²) in [7, 11) is 0. The Labute approximate surface area is 206 Å². The molecule has 1 aromatic rings. The van der Waals surface area contributed by atoms with E-state index in [9.17, 15) is 29.4 Å². The van der Waals surface area contributed by atoms with Crippen molar-refractivity contribution in [3.63, 3.8) is 0 Å². The number of hydrogen-bond acceptors (Lipinski definition) is 7. The normalized spacial score (nSPS) is 15.2. The fraction of sp³-hybridized carbons (Fsp3) is 0.583. The molecule has 0 fully saturated rings. The third-order valence-electron chi connectivity index (χ3n) is 5.81. The molecule has 1 aromatic carbocycles. The summed E-state index contributed by atoms with van der Waals surface area (Å²) >= 11 is 0. The molecule has 5 unspecified atom stereocenters. The molecule has 0 aliphatic rings. The highest BCUT2D eigenvalue weighted by Crippen LogP contribution is 2.10. The molecule has 0 aromatic heterocycles. The van der Waals surface area contributed by atoms with Gasteiger partial charge in [-0.25, -0.2) is 4.79 Å². The number of carboxylic acids is 1. The third kappa shape index (κ3) is 10.4. The maximum absolute atomic E-state index is 13.0. The monoisotopic (exact) mass is 493 g/mol. The highest BCUT2D eigenvalue weighted by molar-refractivity contribution is 5.94. The van der Waals surface area contributed by atoms with Crippen molar-refractivity contribution in [3.8, 4) is 0 Å². The Morgan fingerprint density at radius 1 is 0.943 bits per heavy atom. The van der Waals surface area contributed by atoms with Crippen LogP contribution in [-0.2, 0) is 25.6 Å². The predicted octanol–water partition coefficient (Wildman–Crippen LogP) is -0.737. The number of aliphatic carboxylic acids is 1. The van der Waals surface area contributed by atoms with Crippen molar-refractivity contribution in [1.29, 1.82) is 0 Å². The first-order chi connectivity index (χ1) is 16.6. The Morgan fingerprint density at radius 2 is 1.57 bits per heavy atom. The summed E-state index contributed by atoms with van der Waals surface area (Å²) in [6, 6.07) is 4.75. The van der Waals surface area contributed by atoms with Gasteiger partial charge in [-0.05, 0) is 43.7 Å². The van der Waals surface area contributed by atoms with Crippen molar-refractivity contribution in [2.75, 3.05) is 13.2 Å². The van der Waals surface area contributed by atoms with Crippen LogP contribution in [0, 0.1) is 5.92 Å². The van der Waals surface area contributed by atoms with E-state index in [1.165, 1.54) is 0 Å². The van der Waals surface area contributed by atoms with E-state index in [-0.39, 0.29) is 18.8 Å². The van der Waals surface area contributed by atoms with Crippen molar-refractivity contribution in [2.45, 2.75) is 70.1 Å². The minimum atomic E-state index is -1.39. The van der Waals surface area contributed by atoms with Gasteiger partial charge >= 0.3 is 5.97 Å². The van der Waals surface area contributed by atoms with Crippen LogP contribution >= 0.6 is 0 Å². The maximum Gasteiger partial charge on any atom is 0.326 e. The van der Waals surface area contributed by atoms with Crippen LogP contribution in [0.3, 0.4) is 0 Å². The van der Waals surface area contributed by atoms with E-state index in [2.05, 4.69) is 16.0 Å². The average molecular weight is 494 g/mol. The summed E-state index contributed by atoms with van der Waals surface area (Å²) in [5.74, 6) is -3.56. The second-order valence-electron chi connectivity index (χ2n) is 8.60. The van der Waals surface area contributed by atoms with E-state index < -0.39 is 54.5 Å². The summed E-state index contributed by atoms with van der Waals surface area (Å²) in [5.41, 5.74) is 12.3. The van der Waals surface area contributed by atoms with Crippen LogP contribution in [0.25, 0.3) is 0 Å². The van der Waals surface area contributed by atoms with Crippen LogP contribution in [-0.4, -0.2) is 71.2 Å². The number of rotatable bonds is 16. The standard InChI is InChI=1S/C24H39N5O6/c1-3-15(2)20(29-21(31)17(26)13-16-9-5-4-6-10-16)23(33)28-19(14-30)22(32)27-18(24(34)35)11-7-8-12-25/h4-6,9-10,15,17-20,30H,3,7-8,11-14,25-26H2,1-2H3,(H,27,32)(H,28,33)(H,29,31)(H,34,35). The molecule has 0 radical (unpaired) electrons. The minimum absolute atomic E-state index is 0.162. The number of unbranched alkanes of at least 4 members (excludes halogenated alkanes) is 1. The van der Waals surface area contributed by atoms with Gasteiger partial charge in [-0.1, -0.05) is 50.6 Å². The van der Waals surface area contributed by atoms with Crippen LogP contribution in [0.5, 0.6) is 0 Å². The lowest BCUT2D eigenvalue weighted by Gasteiger charge is -2.27. The molecular formula is C24H39N5O6. The Hall–Kier alpha value is -3.02. The van der Waals surface area contributed by atoms with E-state index in [0.717, 1.165) is 5.56 Å². The first kappa shape index (κ1) is 30.0. The fourth-order valence-electron chi connectivity index (χ4n) is 3.40. The smallest absolute Gasteiger partial charge is 0.326 e. The predicted molar refractivity (Wildman–Crippen MR) is 131 cm³/mol. The minimum Gasteiger partial charge on any atom is -0.480 e. The number of aliphatic hydroxyl groups excluding tert-OH is 1. The molecule has 35 heavy (non-hydrogen) atoms. The van der Waals surface area contributed by atoms with Crippen molar-refractivity contribution in [1.82, 2.24) is 16.0 Å². The molecule has 0 aliphatic carbocycles. The Morgan fingerprint density at radius 3 is 2.11 bits per heavy atom. The lowest BCUT2D eigenvalue weighted by molar-refractivity contribution is -0.143. The summed E-state index contributed by atoms with van der Waals surface area (Å²) < 4.78 is 0. The Kier molecular flexibility index (Phi) is 13.5. The van der Waals surface area contributed by atoms with Crippen molar-refractivity contribution < 1.29 is 29.4 Å². The number of carbonyl (C=O) groups excluding carboxylic acids is 3. The van der Waals surface area contributed by atoms with E-state index in [0.29, 0.717) is 25.8 Å². The summed E-state index contributed by atoms with van der Waals surface area (Å²) in [5, 5.41) is 26.4. The van der Waals surface area contributed by atoms with Gasteiger partial charge in [-0.3, -0.25) is 14.4 Å². The molecule has 0 bridgehead atoms. The molecule has 0 saturated carbocycles. The number of carboxylic acid groups (broad SMARTS) is 1. The van der Waals surface area contributed by atoms with Crippen LogP contribution in [0.15, 0.2) is 30.3 Å². The van der Waals surface area contributed by atoms with Crippen LogP contribution in [0.2, 0.25) is 0 Å². The van der Waals surface area contributed by atoms with Gasteiger partial charge in [0.15, 0.2) is 0 Å². The number of nitrogens with one attached hydrogen (secondary N) is 3. The lowest BCUT2D eigenvalue weighted by Crippen LogP contribution is -2.59. The molecule has 11 nitrogen and oxygen atoms in total. The van der Waals surface area contributed by atoms with E-state index in [4.69, 9.17) is 11.5 Å². The fourth-order valence-corrected chi connectivity index (χ4v) is 3.40. The first-order valence-electron chi connectivity index (χ1n) is 11.9. The Balaban J connectivity index is 2.83. The third-order valence-corrected chi connectivity index (χ3v) is 5.81. The van der Waals surface area contributed by atoms with Crippen LogP contribution in [0.4, 0.5) is 0 Å². The highest BCUT2D eigenvalue weighted by atomic mass is 16.4. The van der Waals surface area contributed by atoms with Gasteiger partial charge in [0.2, 0.25) is 17.7 Å². The number of amides is 3. The van der Waals surface area contributed by atoms with E-state index >= 15 is 0 Å². The molecule has 0 aliphatic heterocycles. The molecule has 0 spiro atoms. The second-order valence-corrected chi connectivity index (χ2v) is 8.60. The lowest BCUT2D eigenvalue weighted by atomic mass is 9.97. The number of carbonyl (C=O) groups is 4. The van der Waals surface area contributed by atoms with Gasteiger partial charge in [-0.15, -0.1) is 0 Å². The van der Waals surface area contributed by atoms with Gasteiger partial charge in [0.1, 0.15) is 18.1 Å². The molecule has 0 saturated heterocycles. The molecule has 11 heteroatoms. The van der Waals surface area contributed by atoms with Gasteiger partial charge in [0, 0.05) is 0 Å². The quantitative estimate of drug-likeness (QED) is 0.146. The zero-order chi connectivity index (χ0) is 26.4. The molecule has 0 heterocycles. The molecular weight excluding hydrogens is 454 g/mol. The maximum atomic E-state index is 13.0. The number of aliphatic hydroxyl groups is 1. The number of nitrogens with two attached hydrogens (primary N) is 2. The zero-order valence-electron chi connectivity index (χ0n) is 20.4. The zero-order valence-corrected chi connectivity index (χ0v) is 20.4.